The minimum atomic E-state index is 0.0232. The average Bonchev–Trinajstić information content (AvgIpc) is 3.13. The number of nitrogens with two attached hydrogens (primary N) is 1. The zero-order valence-corrected chi connectivity index (χ0v) is 12.1. The molecular weight excluding hydrogens is 250 g/mol. The van der Waals surface area contributed by atoms with Crippen molar-refractivity contribution in [1.82, 2.24) is 14.6 Å². The van der Waals surface area contributed by atoms with Crippen molar-refractivity contribution in [3.63, 3.8) is 0 Å². The molecule has 0 amide bonds. The highest BCUT2D eigenvalue weighted by atomic mass is 15.3. The molecule has 1 aliphatic carbocycles. The Kier molecular flexibility index (Phi) is 2.40. The van der Waals surface area contributed by atoms with Crippen molar-refractivity contribution in [2.45, 2.75) is 38.1 Å². The smallest absolute Gasteiger partial charge is 0.154 e. The molecule has 0 unspecified atom stereocenters. The Morgan fingerprint density at radius 3 is 2.75 bits per heavy atom. The van der Waals surface area contributed by atoms with Crippen LogP contribution in [-0.4, -0.2) is 33.2 Å². The van der Waals surface area contributed by atoms with Crippen molar-refractivity contribution in [1.29, 1.82) is 0 Å². The Morgan fingerprint density at radius 2 is 2.10 bits per heavy atom. The van der Waals surface area contributed by atoms with E-state index in [9.17, 15) is 0 Å². The van der Waals surface area contributed by atoms with Crippen LogP contribution in [0.4, 0.5) is 5.82 Å². The maximum atomic E-state index is 6.44. The minimum Gasteiger partial charge on any atom is -0.351 e. The summed E-state index contributed by atoms with van der Waals surface area (Å²) < 4.78 is 1.94. The predicted octanol–water partition coefficient (Wildman–Crippen LogP) is 1.78. The second-order valence-corrected chi connectivity index (χ2v) is 6.67. The first-order valence-corrected chi connectivity index (χ1v) is 7.45. The second kappa shape index (κ2) is 3.95. The third-order valence-electron chi connectivity index (χ3n) is 4.64. The number of anilines is 1. The first kappa shape index (κ1) is 12.1. The van der Waals surface area contributed by atoms with Crippen molar-refractivity contribution in [2.75, 3.05) is 18.0 Å². The van der Waals surface area contributed by atoms with Gasteiger partial charge in [0.25, 0.3) is 0 Å². The second-order valence-electron chi connectivity index (χ2n) is 6.67. The molecule has 1 saturated heterocycles. The molecule has 2 aromatic heterocycles. The molecule has 0 bridgehead atoms. The van der Waals surface area contributed by atoms with Crippen LogP contribution in [0, 0.1) is 5.92 Å². The third kappa shape index (κ3) is 1.73. The van der Waals surface area contributed by atoms with Gasteiger partial charge in [0.15, 0.2) is 5.82 Å². The van der Waals surface area contributed by atoms with E-state index in [2.05, 4.69) is 34.9 Å². The van der Waals surface area contributed by atoms with Gasteiger partial charge in [0, 0.05) is 25.5 Å². The van der Waals surface area contributed by atoms with Gasteiger partial charge in [-0.3, -0.25) is 0 Å². The Bertz CT molecular complexity index is 649. The molecule has 5 heteroatoms. The van der Waals surface area contributed by atoms with Crippen LogP contribution < -0.4 is 10.6 Å². The summed E-state index contributed by atoms with van der Waals surface area (Å²) in [4.78, 5) is 6.85. The van der Waals surface area contributed by atoms with Crippen molar-refractivity contribution in [3.8, 4) is 0 Å². The lowest BCUT2D eigenvalue weighted by Gasteiger charge is -2.49. The molecule has 106 valence electrons. The first-order valence-electron chi connectivity index (χ1n) is 7.45. The summed E-state index contributed by atoms with van der Waals surface area (Å²) >= 11 is 0. The molecule has 2 N–H and O–H groups in total. The van der Waals surface area contributed by atoms with Crippen molar-refractivity contribution in [2.24, 2.45) is 11.7 Å². The highest BCUT2D eigenvalue weighted by Gasteiger charge is 2.51. The first-order chi connectivity index (χ1) is 9.57. The summed E-state index contributed by atoms with van der Waals surface area (Å²) in [7, 11) is 0. The van der Waals surface area contributed by atoms with Gasteiger partial charge in [0.05, 0.1) is 11.2 Å². The lowest BCUT2D eigenvalue weighted by molar-refractivity contribution is 0.289. The number of aromatic nitrogens is 3. The summed E-state index contributed by atoms with van der Waals surface area (Å²) in [6.07, 6.45) is 6.34. The van der Waals surface area contributed by atoms with E-state index in [1.807, 2.05) is 16.9 Å². The summed E-state index contributed by atoms with van der Waals surface area (Å²) in [6, 6.07) is 2.15. The molecule has 2 aromatic rings. The Morgan fingerprint density at radius 1 is 1.35 bits per heavy atom. The lowest BCUT2D eigenvalue weighted by atomic mass is 9.86. The Labute approximate surface area is 118 Å². The van der Waals surface area contributed by atoms with Crippen LogP contribution >= 0.6 is 0 Å². The van der Waals surface area contributed by atoms with E-state index in [1.165, 1.54) is 12.8 Å². The van der Waals surface area contributed by atoms with Gasteiger partial charge in [-0.05, 0) is 30.7 Å². The Balaban J connectivity index is 1.66. The highest BCUT2D eigenvalue weighted by Crippen LogP contribution is 2.44. The van der Waals surface area contributed by atoms with Gasteiger partial charge in [0.2, 0.25) is 0 Å². The SMILES string of the molecule is CC(C)c1cc2c(N3CC(N)(C4CC4)C3)nccn2n1. The summed E-state index contributed by atoms with van der Waals surface area (Å²) in [5, 5.41) is 4.62. The van der Waals surface area contributed by atoms with Gasteiger partial charge in [0.1, 0.15) is 5.52 Å². The molecule has 0 radical (unpaired) electrons. The minimum absolute atomic E-state index is 0.0232. The molecule has 0 aromatic carbocycles. The van der Waals surface area contributed by atoms with Crippen LogP contribution in [0.5, 0.6) is 0 Å². The van der Waals surface area contributed by atoms with Gasteiger partial charge in [-0.25, -0.2) is 9.50 Å². The normalized spacial score (nSPS) is 21.5. The van der Waals surface area contributed by atoms with Crippen LogP contribution in [0.25, 0.3) is 5.52 Å². The molecule has 3 heterocycles. The molecule has 2 fully saturated rings. The van der Waals surface area contributed by atoms with E-state index in [-0.39, 0.29) is 5.54 Å². The molecule has 1 aliphatic heterocycles. The fraction of sp³-hybridized carbons (Fsp3) is 0.600. The van der Waals surface area contributed by atoms with Crippen molar-refractivity contribution >= 4 is 11.3 Å². The predicted molar refractivity (Wildman–Crippen MR) is 78.9 cm³/mol. The van der Waals surface area contributed by atoms with Crippen molar-refractivity contribution < 1.29 is 0 Å². The van der Waals surface area contributed by atoms with E-state index in [0.29, 0.717) is 5.92 Å². The van der Waals surface area contributed by atoms with E-state index >= 15 is 0 Å². The van der Waals surface area contributed by atoms with Gasteiger partial charge >= 0.3 is 0 Å². The number of nitrogens with zero attached hydrogens (tertiary/aromatic N) is 4. The molecular formula is C15H21N5. The largest absolute Gasteiger partial charge is 0.351 e. The fourth-order valence-corrected chi connectivity index (χ4v) is 3.18. The highest BCUT2D eigenvalue weighted by molar-refractivity contribution is 5.71. The van der Waals surface area contributed by atoms with Gasteiger partial charge in [-0.2, -0.15) is 5.10 Å². The zero-order chi connectivity index (χ0) is 13.9. The summed E-state index contributed by atoms with van der Waals surface area (Å²) in [5.41, 5.74) is 8.67. The lowest BCUT2D eigenvalue weighted by Crippen LogP contribution is -2.69. The van der Waals surface area contributed by atoms with Crippen molar-refractivity contribution in [3.05, 3.63) is 24.2 Å². The summed E-state index contributed by atoms with van der Waals surface area (Å²) in [5.74, 6) is 2.18. The van der Waals surface area contributed by atoms with Gasteiger partial charge < -0.3 is 10.6 Å². The van der Waals surface area contributed by atoms with Gasteiger partial charge in [-0.15, -0.1) is 0 Å². The third-order valence-corrected chi connectivity index (χ3v) is 4.64. The van der Waals surface area contributed by atoms with Crippen LogP contribution in [0.3, 0.4) is 0 Å². The number of hydrogen-bond donors (Lipinski definition) is 1. The molecule has 2 aliphatic rings. The van der Waals surface area contributed by atoms with Crippen LogP contribution in [0.15, 0.2) is 18.5 Å². The number of hydrogen-bond acceptors (Lipinski definition) is 4. The molecule has 5 nitrogen and oxygen atoms in total. The van der Waals surface area contributed by atoms with Crippen LogP contribution in [-0.2, 0) is 0 Å². The molecule has 4 rings (SSSR count). The van der Waals surface area contributed by atoms with Gasteiger partial charge in [-0.1, -0.05) is 13.8 Å². The molecule has 1 saturated carbocycles. The molecule has 0 atom stereocenters. The number of fused-ring (bicyclic) bond motifs is 1. The Hall–Kier alpha value is -1.62. The van der Waals surface area contributed by atoms with Crippen LogP contribution in [0.2, 0.25) is 0 Å². The fourth-order valence-electron chi connectivity index (χ4n) is 3.18. The monoisotopic (exact) mass is 271 g/mol. The maximum Gasteiger partial charge on any atom is 0.154 e. The topological polar surface area (TPSA) is 59.5 Å². The van der Waals surface area contributed by atoms with Crippen LogP contribution in [0.1, 0.15) is 38.3 Å². The standard InChI is InChI=1S/C15H21N5/c1-10(2)12-7-13-14(17-5-6-20(13)18-12)19-8-15(16,9-19)11-3-4-11/h5-7,10-11H,3-4,8-9,16H2,1-2H3. The average molecular weight is 271 g/mol. The van der Waals surface area contributed by atoms with E-state index < -0.39 is 0 Å². The van der Waals surface area contributed by atoms with E-state index in [0.717, 1.165) is 36.0 Å². The zero-order valence-electron chi connectivity index (χ0n) is 12.1. The molecule has 20 heavy (non-hydrogen) atoms. The quantitative estimate of drug-likeness (QED) is 0.924. The van der Waals surface area contributed by atoms with E-state index in [4.69, 9.17) is 5.73 Å². The molecule has 0 spiro atoms. The summed E-state index contributed by atoms with van der Waals surface area (Å²) in [6.45, 7) is 6.17. The van der Waals surface area contributed by atoms with E-state index in [1.54, 1.807) is 0 Å². The number of rotatable bonds is 3. The maximum absolute atomic E-state index is 6.44.